The zero-order chi connectivity index (χ0) is 23.8. The average molecular weight is 454 g/mol. The third kappa shape index (κ3) is 9.28. The summed E-state index contributed by atoms with van der Waals surface area (Å²) in [7, 11) is 0. The van der Waals surface area contributed by atoms with Crippen molar-refractivity contribution in [3.8, 4) is 5.75 Å². The number of alkyl halides is 3. The van der Waals surface area contributed by atoms with E-state index in [9.17, 15) is 18.0 Å². The summed E-state index contributed by atoms with van der Waals surface area (Å²) in [6.07, 6.45) is -4.39. The largest absolute Gasteiger partial charge is 0.486 e. The molecule has 0 saturated heterocycles. The molecule has 0 aliphatic carbocycles. The number of rotatable bonds is 10. The van der Waals surface area contributed by atoms with Gasteiger partial charge >= 0.3 is 12.1 Å². The van der Waals surface area contributed by atoms with Gasteiger partial charge in [-0.3, -0.25) is 4.79 Å². The molecule has 2 aromatic carbocycles. The first-order valence-electron chi connectivity index (χ1n) is 10.4. The Morgan fingerprint density at radius 3 is 2.19 bits per heavy atom. The smallest absolute Gasteiger partial charge is 0.416 e. The van der Waals surface area contributed by atoms with E-state index in [1.54, 1.807) is 20.8 Å². The fourth-order valence-corrected chi connectivity index (χ4v) is 2.93. The average Bonchev–Trinajstić information content (AvgIpc) is 2.70. The lowest BCUT2D eigenvalue weighted by Crippen LogP contribution is -2.30. The summed E-state index contributed by atoms with van der Waals surface area (Å²) < 4.78 is 55.1. The van der Waals surface area contributed by atoms with Crippen molar-refractivity contribution in [1.82, 2.24) is 0 Å². The van der Waals surface area contributed by atoms with E-state index in [1.165, 1.54) is 12.1 Å². The van der Waals surface area contributed by atoms with Gasteiger partial charge in [0.1, 0.15) is 17.5 Å². The molecule has 0 aliphatic rings. The van der Waals surface area contributed by atoms with Crippen LogP contribution in [0.15, 0.2) is 54.6 Å². The Hall–Kier alpha value is -2.58. The SMILES string of the molecule is CC(C)(C)OC(=O)CCOC[C@@H](N)C[C@H](Oc1ccc(C(F)(F)F)cc1)c1ccccc1. The number of ether oxygens (including phenoxy) is 3. The Morgan fingerprint density at radius 2 is 1.62 bits per heavy atom. The molecule has 0 saturated carbocycles. The Morgan fingerprint density at radius 1 is 1.00 bits per heavy atom. The lowest BCUT2D eigenvalue weighted by molar-refractivity contribution is -0.156. The molecule has 0 amide bonds. The van der Waals surface area contributed by atoms with Gasteiger partial charge in [0.2, 0.25) is 0 Å². The van der Waals surface area contributed by atoms with E-state index in [1.807, 2.05) is 30.3 Å². The number of hydrogen-bond donors (Lipinski definition) is 1. The van der Waals surface area contributed by atoms with Crippen molar-refractivity contribution in [2.75, 3.05) is 13.2 Å². The van der Waals surface area contributed by atoms with Crippen LogP contribution in [0.4, 0.5) is 13.2 Å². The first-order chi connectivity index (χ1) is 14.9. The summed E-state index contributed by atoms with van der Waals surface area (Å²) in [6.45, 7) is 5.76. The minimum absolute atomic E-state index is 0.119. The molecule has 0 radical (unpaired) electrons. The molecule has 0 spiro atoms. The summed E-state index contributed by atoms with van der Waals surface area (Å²) in [5, 5.41) is 0. The van der Waals surface area contributed by atoms with Crippen LogP contribution in [0.25, 0.3) is 0 Å². The van der Waals surface area contributed by atoms with E-state index in [0.29, 0.717) is 12.2 Å². The number of halogens is 3. The zero-order valence-corrected chi connectivity index (χ0v) is 18.5. The normalized spacial score (nSPS) is 14.0. The van der Waals surface area contributed by atoms with Crippen LogP contribution in [-0.4, -0.2) is 30.8 Å². The van der Waals surface area contributed by atoms with Crippen molar-refractivity contribution in [2.45, 2.75) is 57.5 Å². The fraction of sp³-hybridized carbons (Fsp3) is 0.458. The van der Waals surface area contributed by atoms with Crippen molar-refractivity contribution in [3.05, 3.63) is 65.7 Å². The van der Waals surface area contributed by atoms with Crippen molar-refractivity contribution in [3.63, 3.8) is 0 Å². The van der Waals surface area contributed by atoms with Gasteiger partial charge in [0.05, 0.1) is 25.2 Å². The zero-order valence-electron chi connectivity index (χ0n) is 18.5. The molecule has 32 heavy (non-hydrogen) atoms. The van der Waals surface area contributed by atoms with Gasteiger partial charge in [-0.1, -0.05) is 30.3 Å². The number of carbonyl (C=O) groups excluding carboxylic acids is 1. The molecule has 2 rings (SSSR count). The molecule has 2 N–H and O–H groups in total. The van der Waals surface area contributed by atoms with E-state index >= 15 is 0 Å². The number of benzene rings is 2. The van der Waals surface area contributed by atoms with Crippen LogP contribution in [0.5, 0.6) is 5.75 Å². The third-order valence-corrected chi connectivity index (χ3v) is 4.35. The molecule has 0 fully saturated rings. The predicted octanol–water partition coefficient (Wildman–Crippen LogP) is 5.29. The summed E-state index contributed by atoms with van der Waals surface area (Å²) in [5.74, 6) is -0.0382. The van der Waals surface area contributed by atoms with Crippen LogP contribution < -0.4 is 10.5 Å². The number of esters is 1. The van der Waals surface area contributed by atoms with Gasteiger partial charge < -0.3 is 19.9 Å². The predicted molar refractivity (Wildman–Crippen MR) is 115 cm³/mol. The lowest BCUT2D eigenvalue weighted by atomic mass is 10.0. The molecule has 0 aromatic heterocycles. The summed E-state index contributed by atoms with van der Waals surface area (Å²) in [4.78, 5) is 11.7. The van der Waals surface area contributed by atoms with E-state index < -0.39 is 29.5 Å². The van der Waals surface area contributed by atoms with Gasteiger partial charge in [-0.25, -0.2) is 0 Å². The molecule has 176 valence electrons. The van der Waals surface area contributed by atoms with E-state index in [4.69, 9.17) is 19.9 Å². The summed E-state index contributed by atoms with van der Waals surface area (Å²) >= 11 is 0. The second kappa shape index (κ2) is 11.3. The van der Waals surface area contributed by atoms with Crippen LogP contribution in [-0.2, 0) is 20.4 Å². The molecular formula is C24H30F3NO4. The maximum atomic E-state index is 12.8. The van der Waals surface area contributed by atoms with Crippen LogP contribution in [0.3, 0.4) is 0 Å². The standard InChI is InChI=1S/C24H30F3NO4/c1-23(2,3)32-22(29)13-14-30-16-19(28)15-21(17-7-5-4-6-8-17)31-20-11-9-18(10-12-20)24(25,26)27/h4-12,19,21H,13-16,28H2,1-3H3/t19-,21-/m0/s1. The number of carbonyl (C=O) groups is 1. The monoisotopic (exact) mass is 453 g/mol. The second-order valence-corrected chi connectivity index (χ2v) is 8.45. The Balaban J connectivity index is 1.93. The molecule has 0 aliphatic heterocycles. The highest BCUT2D eigenvalue weighted by Gasteiger charge is 2.30. The van der Waals surface area contributed by atoms with E-state index in [-0.39, 0.29) is 25.6 Å². The molecule has 0 heterocycles. The first-order valence-corrected chi connectivity index (χ1v) is 10.4. The highest BCUT2D eigenvalue weighted by Crippen LogP contribution is 2.32. The van der Waals surface area contributed by atoms with Gasteiger partial charge in [-0.2, -0.15) is 13.2 Å². The molecular weight excluding hydrogens is 423 g/mol. The maximum absolute atomic E-state index is 12.8. The molecule has 0 unspecified atom stereocenters. The first kappa shape index (κ1) is 25.7. The molecule has 0 bridgehead atoms. The van der Waals surface area contributed by atoms with Crippen LogP contribution in [0.2, 0.25) is 0 Å². The van der Waals surface area contributed by atoms with Gasteiger partial charge in [-0.15, -0.1) is 0 Å². The molecule has 5 nitrogen and oxygen atoms in total. The Bertz CT molecular complexity index is 833. The van der Waals surface area contributed by atoms with Crippen molar-refractivity contribution in [1.29, 1.82) is 0 Å². The molecule has 8 heteroatoms. The van der Waals surface area contributed by atoms with Crippen molar-refractivity contribution >= 4 is 5.97 Å². The minimum atomic E-state index is -4.41. The van der Waals surface area contributed by atoms with Crippen LogP contribution in [0.1, 0.15) is 50.8 Å². The summed E-state index contributed by atoms with van der Waals surface area (Å²) in [5.41, 5.74) is 5.75. The van der Waals surface area contributed by atoms with Gasteiger partial charge in [0.15, 0.2) is 0 Å². The van der Waals surface area contributed by atoms with E-state index in [2.05, 4.69) is 0 Å². The number of nitrogens with two attached hydrogens (primary N) is 1. The summed E-state index contributed by atoms with van der Waals surface area (Å²) in [6, 6.07) is 13.4. The Labute approximate surface area is 186 Å². The minimum Gasteiger partial charge on any atom is -0.486 e. The molecule has 2 atom stereocenters. The van der Waals surface area contributed by atoms with E-state index in [0.717, 1.165) is 17.7 Å². The highest BCUT2D eigenvalue weighted by atomic mass is 19.4. The second-order valence-electron chi connectivity index (χ2n) is 8.45. The van der Waals surface area contributed by atoms with Crippen molar-refractivity contribution < 1.29 is 32.2 Å². The fourth-order valence-electron chi connectivity index (χ4n) is 2.93. The topological polar surface area (TPSA) is 70.8 Å². The van der Waals surface area contributed by atoms with Crippen molar-refractivity contribution in [2.24, 2.45) is 5.73 Å². The lowest BCUT2D eigenvalue weighted by Gasteiger charge is -2.23. The van der Waals surface area contributed by atoms with Gasteiger partial charge in [0, 0.05) is 12.5 Å². The maximum Gasteiger partial charge on any atom is 0.416 e. The quantitative estimate of drug-likeness (QED) is 0.391. The van der Waals surface area contributed by atoms with Crippen LogP contribution in [0, 0.1) is 0 Å². The Kier molecular flexibility index (Phi) is 9.09. The number of hydrogen-bond acceptors (Lipinski definition) is 5. The van der Waals surface area contributed by atoms with Gasteiger partial charge in [-0.05, 0) is 50.6 Å². The van der Waals surface area contributed by atoms with Crippen LogP contribution >= 0.6 is 0 Å². The third-order valence-electron chi connectivity index (χ3n) is 4.35. The van der Waals surface area contributed by atoms with Gasteiger partial charge in [0.25, 0.3) is 0 Å². The highest BCUT2D eigenvalue weighted by molar-refractivity contribution is 5.69. The molecule has 2 aromatic rings.